The van der Waals surface area contributed by atoms with Gasteiger partial charge < -0.3 is 15.0 Å². The summed E-state index contributed by atoms with van der Waals surface area (Å²) in [5.41, 5.74) is 1.32. The first-order valence-corrected chi connectivity index (χ1v) is 12.1. The van der Waals surface area contributed by atoms with E-state index in [4.69, 9.17) is 16.3 Å². The molecule has 3 rings (SSSR count). The van der Waals surface area contributed by atoms with Crippen LogP contribution < -0.4 is 14.9 Å². The number of benzene rings is 2. The summed E-state index contributed by atoms with van der Waals surface area (Å²) in [6, 6.07) is 12.7. The average molecular weight is 480 g/mol. The molecule has 0 aromatic heterocycles. The molecule has 10 heteroatoms. The molecule has 32 heavy (non-hydrogen) atoms. The molecule has 0 bridgehead atoms. The lowest BCUT2D eigenvalue weighted by Gasteiger charge is -2.24. The molecule has 1 heterocycles. The van der Waals surface area contributed by atoms with Gasteiger partial charge >= 0.3 is 0 Å². The molecular formula is C22H26ClN3O5S. The fraction of sp³-hybridized carbons (Fsp3) is 0.364. The molecule has 0 spiro atoms. The minimum atomic E-state index is -3.92. The number of rotatable bonds is 9. The normalized spacial score (nSPS) is 16.0. The largest absolute Gasteiger partial charge is 0.376 e. The summed E-state index contributed by atoms with van der Waals surface area (Å²) in [4.78, 5) is 26.8. The van der Waals surface area contributed by atoms with Crippen LogP contribution in [0.25, 0.3) is 0 Å². The number of hydrogen-bond donors (Lipinski definition) is 2. The third-order valence-corrected chi connectivity index (χ3v) is 6.77. The number of aryl methyl sites for hydroxylation is 1. The SMILES string of the molecule is Cc1ccccc1N(CC(=O)NC[C@H]1CCCO1)C(=O)CNS(=O)(=O)c1ccc(Cl)cc1. The second-order valence-electron chi connectivity index (χ2n) is 7.48. The van der Waals surface area contributed by atoms with E-state index in [2.05, 4.69) is 10.0 Å². The van der Waals surface area contributed by atoms with Gasteiger partial charge in [0.2, 0.25) is 21.8 Å². The molecule has 0 saturated carbocycles. The molecule has 0 unspecified atom stereocenters. The Labute approximate surface area is 192 Å². The van der Waals surface area contributed by atoms with E-state index in [1.807, 2.05) is 19.1 Å². The number of halogens is 1. The lowest BCUT2D eigenvalue weighted by molar-refractivity contribution is -0.123. The molecule has 1 fully saturated rings. The Hall–Kier alpha value is -2.46. The number of carbonyl (C=O) groups excluding carboxylic acids is 2. The van der Waals surface area contributed by atoms with E-state index in [1.165, 1.54) is 29.2 Å². The first-order chi connectivity index (χ1) is 15.3. The van der Waals surface area contributed by atoms with Gasteiger partial charge in [0, 0.05) is 23.9 Å². The zero-order valence-corrected chi connectivity index (χ0v) is 19.3. The number of sulfonamides is 1. The quantitative estimate of drug-likeness (QED) is 0.574. The molecule has 1 saturated heterocycles. The van der Waals surface area contributed by atoms with Crippen LogP contribution in [0.4, 0.5) is 5.69 Å². The fourth-order valence-electron chi connectivity index (χ4n) is 3.36. The van der Waals surface area contributed by atoms with Gasteiger partial charge in [-0.2, -0.15) is 0 Å². The summed E-state index contributed by atoms with van der Waals surface area (Å²) in [6.45, 7) is 2.13. The number of hydrogen-bond acceptors (Lipinski definition) is 5. The highest BCUT2D eigenvalue weighted by Gasteiger charge is 2.24. The van der Waals surface area contributed by atoms with Gasteiger partial charge in [0.05, 0.1) is 17.5 Å². The van der Waals surface area contributed by atoms with E-state index in [0.29, 0.717) is 23.9 Å². The van der Waals surface area contributed by atoms with Crippen molar-refractivity contribution in [3.05, 3.63) is 59.1 Å². The molecule has 8 nitrogen and oxygen atoms in total. The minimum absolute atomic E-state index is 0.00792. The van der Waals surface area contributed by atoms with Gasteiger partial charge in [-0.25, -0.2) is 13.1 Å². The first kappa shape index (κ1) is 24.2. The predicted molar refractivity (Wildman–Crippen MR) is 122 cm³/mol. The Morgan fingerprint density at radius 1 is 1.16 bits per heavy atom. The maximum absolute atomic E-state index is 13.0. The second kappa shape index (κ2) is 10.9. The molecule has 1 atom stereocenters. The van der Waals surface area contributed by atoms with Crippen LogP contribution in [0, 0.1) is 6.92 Å². The van der Waals surface area contributed by atoms with Crippen LogP contribution in [0.5, 0.6) is 0 Å². The number of nitrogens with zero attached hydrogens (tertiary/aromatic N) is 1. The Morgan fingerprint density at radius 2 is 1.88 bits per heavy atom. The highest BCUT2D eigenvalue weighted by molar-refractivity contribution is 7.89. The summed E-state index contributed by atoms with van der Waals surface area (Å²) in [5.74, 6) is -0.901. The van der Waals surface area contributed by atoms with Gasteiger partial charge in [-0.3, -0.25) is 9.59 Å². The third kappa shape index (κ3) is 6.52. The maximum atomic E-state index is 13.0. The summed E-state index contributed by atoms with van der Waals surface area (Å²) in [7, 11) is -3.92. The molecule has 2 aromatic carbocycles. The molecule has 1 aliphatic rings. The van der Waals surface area contributed by atoms with Crippen LogP contribution in [0.2, 0.25) is 5.02 Å². The van der Waals surface area contributed by atoms with E-state index in [-0.39, 0.29) is 23.5 Å². The molecule has 2 N–H and O–H groups in total. The van der Waals surface area contributed by atoms with E-state index < -0.39 is 22.5 Å². The van der Waals surface area contributed by atoms with Gasteiger partial charge in [-0.15, -0.1) is 0 Å². The Balaban J connectivity index is 1.69. The van der Waals surface area contributed by atoms with Crippen molar-refractivity contribution in [2.24, 2.45) is 0 Å². The topological polar surface area (TPSA) is 105 Å². The standard InChI is InChI=1S/C22H26ClN3O5S/c1-16-5-2-3-7-20(16)26(15-21(27)24-13-18-6-4-12-31-18)22(28)14-25-32(29,30)19-10-8-17(23)9-11-19/h2-3,5,7-11,18,25H,4,6,12-15H2,1H3,(H,24,27)/t18-/m1/s1. The number of anilines is 1. The third-order valence-electron chi connectivity index (χ3n) is 5.10. The highest BCUT2D eigenvalue weighted by atomic mass is 35.5. The van der Waals surface area contributed by atoms with E-state index in [0.717, 1.165) is 18.4 Å². The molecular weight excluding hydrogens is 454 g/mol. The molecule has 0 aliphatic carbocycles. The van der Waals surface area contributed by atoms with E-state index >= 15 is 0 Å². The van der Waals surface area contributed by atoms with Crippen LogP contribution in [0.1, 0.15) is 18.4 Å². The second-order valence-corrected chi connectivity index (χ2v) is 9.69. The molecule has 0 radical (unpaired) electrons. The Kier molecular flexibility index (Phi) is 8.25. The monoisotopic (exact) mass is 479 g/mol. The zero-order valence-electron chi connectivity index (χ0n) is 17.7. The summed E-state index contributed by atoms with van der Waals surface area (Å²) < 4.78 is 32.9. The zero-order chi connectivity index (χ0) is 23.1. The Bertz CT molecular complexity index is 1050. The fourth-order valence-corrected chi connectivity index (χ4v) is 4.46. The van der Waals surface area contributed by atoms with Crippen LogP contribution in [-0.2, 0) is 24.3 Å². The first-order valence-electron chi connectivity index (χ1n) is 10.3. The van der Waals surface area contributed by atoms with Crippen molar-refractivity contribution in [3.8, 4) is 0 Å². The predicted octanol–water partition coefficient (Wildman–Crippen LogP) is 2.26. The smallest absolute Gasteiger partial charge is 0.242 e. The van der Waals surface area contributed by atoms with Gasteiger partial charge in [0.15, 0.2) is 0 Å². The average Bonchev–Trinajstić information content (AvgIpc) is 3.29. The Morgan fingerprint density at radius 3 is 2.53 bits per heavy atom. The van der Waals surface area contributed by atoms with Crippen molar-refractivity contribution < 1.29 is 22.7 Å². The number of amides is 2. The minimum Gasteiger partial charge on any atom is -0.376 e. The van der Waals surface area contributed by atoms with Crippen LogP contribution in [0.15, 0.2) is 53.4 Å². The van der Waals surface area contributed by atoms with Crippen LogP contribution in [0.3, 0.4) is 0 Å². The van der Waals surface area contributed by atoms with Crippen molar-refractivity contribution in [1.82, 2.24) is 10.0 Å². The van der Waals surface area contributed by atoms with Gasteiger partial charge in [0.1, 0.15) is 6.54 Å². The molecule has 1 aliphatic heterocycles. The lowest BCUT2D eigenvalue weighted by atomic mass is 10.1. The van der Waals surface area contributed by atoms with Crippen LogP contribution in [-0.4, -0.2) is 52.6 Å². The molecule has 2 amide bonds. The summed E-state index contributed by atoms with van der Waals surface area (Å²) >= 11 is 5.81. The maximum Gasteiger partial charge on any atom is 0.242 e. The van der Waals surface area contributed by atoms with Gasteiger partial charge in [-0.05, 0) is 55.7 Å². The van der Waals surface area contributed by atoms with Crippen molar-refractivity contribution >= 4 is 39.1 Å². The number of ether oxygens (including phenoxy) is 1. The van der Waals surface area contributed by atoms with Crippen molar-refractivity contribution in [1.29, 1.82) is 0 Å². The summed E-state index contributed by atoms with van der Waals surface area (Å²) in [6.07, 6.45) is 1.82. The highest BCUT2D eigenvalue weighted by Crippen LogP contribution is 2.20. The van der Waals surface area contributed by atoms with Crippen LogP contribution >= 0.6 is 11.6 Å². The van der Waals surface area contributed by atoms with Gasteiger partial charge in [0.25, 0.3) is 0 Å². The lowest BCUT2D eigenvalue weighted by Crippen LogP contribution is -2.46. The van der Waals surface area contributed by atoms with Crippen molar-refractivity contribution in [2.75, 3.05) is 31.1 Å². The van der Waals surface area contributed by atoms with E-state index in [1.54, 1.807) is 12.1 Å². The van der Waals surface area contributed by atoms with Crippen molar-refractivity contribution in [2.45, 2.75) is 30.8 Å². The number of para-hydroxylation sites is 1. The van der Waals surface area contributed by atoms with Crippen molar-refractivity contribution in [3.63, 3.8) is 0 Å². The summed E-state index contributed by atoms with van der Waals surface area (Å²) in [5, 5.41) is 3.20. The van der Waals surface area contributed by atoms with Gasteiger partial charge in [-0.1, -0.05) is 29.8 Å². The molecule has 172 valence electrons. The van der Waals surface area contributed by atoms with E-state index in [9.17, 15) is 18.0 Å². The number of carbonyl (C=O) groups is 2. The molecule has 2 aromatic rings. The number of nitrogens with one attached hydrogen (secondary N) is 2.